The molecule has 0 aliphatic carbocycles. The van der Waals surface area contributed by atoms with E-state index in [0.29, 0.717) is 11.3 Å². The van der Waals surface area contributed by atoms with E-state index in [0.717, 1.165) is 49.6 Å². The Balaban J connectivity index is 1.74. The van der Waals surface area contributed by atoms with E-state index in [1.165, 1.54) is 0 Å². The number of ether oxygens (including phenoxy) is 1. The van der Waals surface area contributed by atoms with Gasteiger partial charge in [-0.05, 0) is 56.4 Å². The molecule has 1 amide bonds. The Kier molecular flexibility index (Phi) is 5.62. The minimum Gasteiger partial charge on any atom is -0.497 e. The molecule has 6 nitrogen and oxygen atoms in total. The first-order chi connectivity index (χ1) is 14.2. The largest absolute Gasteiger partial charge is 0.497 e. The summed E-state index contributed by atoms with van der Waals surface area (Å²) in [6.45, 7) is 3.39. The summed E-state index contributed by atoms with van der Waals surface area (Å²) in [7, 11) is 3.74. The number of carbonyl (C=O) groups excluding carboxylic acids is 1. The third-order valence-electron chi connectivity index (χ3n) is 5.34. The van der Waals surface area contributed by atoms with E-state index in [1.807, 2.05) is 65.7 Å². The quantitative estimate of drug-likeness (QED) is 0.686. The van der Waals surface area contributed by atoms with Gasteiger partial charge in [-0.1, -0.05) is 18.2 Å². The molecule has 0 unspecified atom stereocenters. The average molecular weight is 390 g/mol. The first-order valence-corrected chi connectivity index (χ1v) is 9.93. The van der Waals surface area contributed by atoms with Crippen LogP contribution in [0.25, 0.3) is 16.9 Å². The molecule has 1 saturated heterocycles. The van der Waals surface area contributed by atoms with Crippen LogP contribution in [0, 0.1) is 0 Å². The van der Waals surface area contributed by atoms with Gasteiger partial charge in [-0.25, -0.2) is 4.68 Å². The van der Waals surface area contributed by atoms with E-state index in [1.54, 1.807) is 11.8 Å². The van der Waals surface area contributed by atoms with Crippen molar-refractivity contribution in [2.24, 2.45) is 0 Å². The summed E-state index contributed by atoms with van der Waals surface area (Å²) in [5.74, 6) is 0.813. The molecule has 1 aliphatic heterocycles. The Bertz CT molecular complexity index is 966. The Hall–Kier alpha value is -3.12. The summed E-state index contributed by atoms with van der Waals surface area (Å²) in [6, 6.07) is 17.6. The number of carbonyl (C=O) groups is 1. The number of para-hydroxylation sites is 1. The Labute approximate surface area is 171 Å². The molecule has 4 rings (SSSR count). The first-order valence-electron chi connectivity index (χ1n) is 9.93. The smallest absolute Gasteiger partial charge is 0.257 e. The molecule has 6 heteroatoms. The van der Waals surface area contributed by atoms with Gasteiger partial charge in [0.1, 0.15) is 11.4 Å². The molecule has 29 heavy (non-hydrogen) atoms. The van der Waals surface area contributed by atoms with Crippen molar-refractivity contribution in [3.63, 3.8) is 0 Å². The van der Waals surface area contributed by atoms with Crippen LogP contribution in [0.3, 0.4) is 0 Å². The standard InChI is InChI=1S/C23H26N4O2/c1-25-13-6-14-26(16-15-25)23(28)21-17-27(19-7-4-3-5-8-19)24-22(21)18-9-11-20(29-2)12-10-18/h3-5,7-12,17H,6,13-16H2,1-2H3. The van der Waals surface area contributed by atoms with Crippen molar-refractivity contribution in [2.45, 2.75) is 6.42 Å². The maximum absolute atomic E-state index is 13.5. The lowest BCUT2D eigenvalue weighted by atomic mass is 10.1. The molecule has 1 aliphatic rings. The van der Waals surface area contributed by atoms with Gasteiger partial charge >= 0.3 is 0 Å². The highest BCUT2D eigenvalue weighted by molar-refractivity contribution is 6.00. The fourth-order valence-corrected chi connectivity index (χ4v) is 3.63. The van der Waals surface area contributed by atoms with E-state index in [9.17, 15) is 4.79 Å². The second-order valence-corrected chi connectivity index (χ2v) is 7.35. The van der Waals surface area contributed by atoms with Crippen molar-refractivity contribution in [3.05, 3.63) is 66.4 Å². The maximum Gasteiger partial charge on any atom is 0.257 e. The maximum atomic E-state index is 13.5. The van der Waals surface area contributed by atoms with Gasteiger partial charge in [0.15, 0.2) is 0 Å². The highest BCUT2D eigenvalue weighted by Gasteiger charge is 2.25. The van der Waals surface area contributed by atoms with Crippen LogP contribution in [-0.4, -0.2) is 65.8 Å². The third-order valence-corrected chi connectivity index (χ3v) is 5.34. The second-order valence-electron chi connectivity index (χ2n) is 7.35. The van der Waals surface area contributed by atoms with Crippen LogP contribution >= 0.6 is 0 Å². The van der Waals surface area contributed by atoms with Gasteiger partial charge < -0.3 is 14.5 Å². The molecule has 1 fully saturated rings. The van der Waals surface area contributed by atoms with Crippen LogP contribution in [-0.2, 0) is 0 Å². The fourth-order valence-electron chi connectivity index (χ4n) is 3.63. The van der Waals surface area contributed by atoms with Gasteiger partial charge in [-0.2, -0.15) is 5.10 Å². The number of benzene rings is 2. The van der Waals surface area contributed by atoms with Crippen molar-refractivity contribution >= 4 is 5.91 Å². The molecule has 0 spiro atoms. The van der Waals surface area contributed by atoms with Crippen molar-refractivity contribution in [1.29, 1.82) is 0 Å². The normalized spacial score (nSPS) is 15.2. The predicted octanol–water partition coefficient (Wildman–Crippen LogP) is 3.33. The number of hydrogen-bond donors (Lipinski definition) is 0. The van der Waals surface area contributed by atoms with Crippen molar-refractivity contribution < 1.29 is 9.53 Å². The minimum atomic E-state index is 0.0355. The van der Waals surface area contributed by atoms with E-state index in [2.05, 4.69) is 11.9 Å². The molecule has 150 valence electrons. The number of nitrogens with zero attached hydrogens (tertiary/aromatic N) is 4. The average Bonchev–Trinajstić information content (AvgIpc) is 3.10. The van der Waals surface area contributed by atoms with Crippen molar-refractivity contribution in [2.75, 3.05) is 40.3 Å². The molecule has 1 aromatic heterocycles. The Morgan fingerprint density at radius 2 is 1.72 bits per heavy atom. The summed E-state index contributed by atoms with van der Waals surface area (Å²) in [6.07, 6.45) is 2.83. The molecule has 0 bridgehead atoms. The summed E-state index contributed by atoms with van der Waals surface area (Å²) < 4.78 is 7.06. The first kappa shape index (κ1) is 19.2. The van der Waals surface area contributed by atoms with Crippen LogP contribution in [0.4, 0.5) is 0 Å². The van der Waals surface area contributed by atoms with Crippen molar-refractivity contribution in [3.8, 4) is 22.7 Å². The van der Waals surface area contributed by atoms with Gasteiger partial charge in [0.05, 0.1) is 18.4 Å². The van der Waals surface area contributed by atoms with Crippen molar-refractivity contribution in [1.82, 2.24) is 19.6 Å². The van der Waals surface area contributed by atoms with Crippen LogP contribution in [0.2, 0.25) is 0 Å². The SMILES string of the molecule is COc1ccc(-c2nn(-c3ccccc3)cc2C(=O)N2CCCN(C)CC2)cc1. The van der Waals surface area contributed by atoms with Gasteiger partial charge in [-0.15, -0.1) is 0 Å². The lowest BCUT2D eigenvalue weighted by Gasteiger charge is -2.20. The zero-order valence-electron chi connectivity index (χ0n) is 16.9. The molecule has 0 saturated carbocycles. The monoisotopic (exact) mass is 390 g/mol. The minimum absolute atomic E-state index is 0.0355. The number of aromatic nitrogens is 2. The zero-order chi connectivity index (χ0) is 20.2. The highest BCUT2D eigenvalue weighted by atomic mass is 16.5. The fraction of sp³-hybridized carbons (Fsp3) is 0.304. The molecule has 0 atom stereocenters. The number of likely N-dealkylation sites (N-methyl/N-ethyl adjacent to an activating group) is 1. The number of rotatable bonds is 4. The summed E-state index contributed by atoms with van der Waals surface area (Å²) in [5.41, 5.74) is 3.15. The lowest BCUT2D eigenvalue weighted by Crippen LogP contribution is -2.34. The number of amides is 1. The van der Waals surface area contributed by atoms with E-state index >= 15 is 0 Å². The third kappa shape index (κ3) is 4.17. The number of methoxy groups -OCH3 is 1. The second kappa shape index (κ2) is 8.49. The zero-order valence-corrected chi connectivity index (χ0v) is 16.9. The molecule has 2 heterocycles. The van der Waals surface area contributed by atoms with Crippen LogP contribution < -0.4 is 4.74 Å². The Morgan fingerprint density at radius 3 is 2.45 bits per heavy atom. The van der Waals surface area contributed by atoms with Gasteiger partial charge in [0, 0.05) is 31.4 Å². The van der Waals surface area contributed by atoms with Crippen LogP contribution in [0.1, 0.15) is 16.8 Å². The molecular weight excluding hydrogens is 364 g/mol. The summed E-state index contributed by atoms with van der Waals surface area (Å²) >= 11 is 0. The van der Waals surface area contributed by atoms with Gasteiger partial charge in [0.25, 0.3) is 5.91 Å². The topological polar surface area (TPSA) is 50.6 Å². The van der Waals surface area contributed by atoms with Crippen LogP contribution in [0.5, 0.6) is 5.75 Å². The van der Waals surface area contributed by atoms with Gasteiger partial charge in [0.2, 0.25) is 0 Å². The van der Waals surface area contributed by atoms with Gasteiger partial charge in [-0.3, -0.25) is 4.79 Å². The van der Waals surface area contributed by atoms with E-state index < -0.39 is 0 Å². The molecule has 3 aromatic rings. The van der Waals surface area contributed by atoms with E-state index in [4.69, 9.17) is 9.84 Å². The molecule has 2 aromatic carbocycles. The van der Waals surface area contributed by atoms with E-state index in [-0.39, 0.29) is 5.91 Å². The highest BCUT2D eigenvalue weighted by Crippen LogP contribution is 2.27. The predicted molar refractivity (Wildman–Crippen MR) is 114 cm³/mol. The van der Waals surface area contributed by atoms with Crippen LogP contribution in [0.15, 0.2) is 60.8 Å². The Morgan fingerprint density at radius 1 is 0.966 bits per heavy atom. The summed E-state index contributed by atoms with van der Waals surface area (Å²) in [5, 5.41) is 4.78. The lowest BCUT2D eigenvalue weighted by molar-refractivity contribution is 0.0763. The number of hydrogen-bond acceptors (Lipinski definition) is 4. The molecule has 0 N–H and O–H groups in total. The summed E-state index contributed by atoms with van der Waals surface area (Å²) in [4.78, 5) is 17.7. The molecular formula is C23H26N4O2. The molecule has 0 radical (unpaired) electrons.